The summed E-state index contributed by atoms with van der Waals surface area (Å²) < 4.78 is 11.0. The van der Waals surface area contributed by atoms with Crippen LogP contribution >= 0.6 is 12.2 Å². The predicted molar refractivity (Wildman–Crippen MR) is 77.6 cm³/mol. The number of nitrogens with two attached hydrogens (primary N) is 1. The first-order valence-corrected chi connectivity index (χ1v) is 6.24. The highest BCUT2D eigenvalue weighted by atomic mass is 32.1. The fraction of sp³-hybridized carbons (Fsp3) is 0.143. The number of nitrogens with zero attached hydrogens (tertiary/aromatic N) is 1. The maximum absolute atomic E-state index is 5.50. The summed E-state index contributed by atoms with van der Waals surface area (Å²) in [7, 11) is 0. The van der Waals surface area contributed by atoms with Gasteiger partial charge in [0.25, 0.3) is 0 Å². The minimum absolute atomic E-state index is 0.256. The van der Waals surface area contributed by atoms with Crippen LogP contribution in [0.2, 0.25) is 0 Å². The highest BCUT2D eigenvalue weighted by molar-refractivity contribution is 7.80. The molecule has 2 rings (SSSR count). The van der Waals surface area contributed by atoms with Gasteiger partial charge in [-0.05, 0) is 18.2 Å². The van der Waals surface area contributed by atoms with Crippen LogP contribution in [0.1, 0.15) is 5.69 Å². The molecule has 0 aliphatic rings. The molecule has 0 aliphatic carbocycles. The highest BCUT2D eigenvalue weighted by Crippen LogP contribution is 2.09. The van der Waals surface area contributed by atoms with Crippen LogP contribution in [0.25, 0.3) is 0 Å². The molecule has 1 aromatic heterocycles. The van der Waals surface area contributed by atoms with Gasteiger partial charge in [0.05, 0.1) is 0 Å². The molecule has 0 bridgehead atoms. The average molecular weight is 274 g/mol. The second-order valence-electron chi connectivity index (χ2n) is 3.74. The number of hydrogen-bond acceptors (Lipinski definition) is 4. The van der Waals surface area contributed by atoms with Crippen LogP contribution in [0.15, 0.2) is 48.5 Å². The topological polar surface area (TPSA) is 57.4 Å². The summed E-state index contributed by atoms with van der Waals surface area (Å²) in [5.74, 6) is 1.30. The van der Waals surface area contributed by atoms with E-state index in [0.717, 1.165) is 5.75 Å². The van der Waals surface area contributed by atoms with Crippen LogP contribution in [-0.2, 0) is 0 Å². The number of para-hydroxylation sites is 1. The third-order valence-corrected chi connectivity index (χ3v) is 2.53. The number of thiocarbonyl (C=S) groups is 1. The minimum atomic E-state index is 0.256. The molecular formula is C14H14N2O2S. The Morgan fingerprint density at radius 2 is 1.74 bits per heavy atom. The molecule has 1 aromatic carbocycles. The van der Waals surface area contributed by atoms with Crippen LogP contribution in [0.5, 0.6) is 11.6 Å². The Hall–Kier alpha value is -2.14. The monoisotopic (exact) mass is 274 g/mol. The Bertz CT molecular complexity index is 546. The van der Waals surface area contributed by atoms with Crippen molar-refractivity contribution in [3.05, 3.63) is 54.2 Å². The van der Waals surface area contributed by atoms with E-state index in [0.29, 0.717) is 24.8 Å². The fourth-order valence-electron chi connectivity index (χ4n) is 1.45. The van der Waals surface area contributed by atoms with Gasteiger partial charge in [-0.25, -0.2) is 4.98 Å². The molecule has 98 valence electrons. The lowest BCUT2D eigenvalue weighted by Gasteiger charge is -2.08. The van der Waals surface area contributed by atoms with Gasteiger partial charge in [-0.1, -0.05) is 36.5 Å². The Kier molecular flexibility index (Phi) is 4.69. The quantitative estimate of drug-likeness (QED) is 0.646. The second kappa shape index (κ2) is 6.70. The number of pyridine rings is 1. The van der Waals surface area contributed by atoms with E-state index in [-0.39, 0.29) is 4.99 Å². The molecule has 0 radical (unpaired) electrons. The molecule has 0 fully saturated rings. The number of benzene rings is 1. The molecular weight excluding hydrogens is 260 g/mol. The molecule has 0 aliphatic heterocycles. The third kappa shape index (κ3) is 4.22. The molecule has 0 atom stereocenters. The van der Waals surface area contributed by atoms with Crippen molar-refractivity contribution in [1.82, 2.24) is 4.98 Å². The van der Waals surface area contributed by atoms with Crippen LogP contribution in [0.4, 0.5) is 0 Å². The van der Waals surface area contributed by atoms with E-state index in [9.17, 15) is 0 Å². The van der Waals surface area contributed by atoms with E-state index < -0.39 is 0 Å². The summed E-state index contributed by atoms with van der Waals surface area (Å²) in [6, 6.07) is 14.9. The lowest BCUT2D eigenvalue weighted by atomic mass is 10.3. The van der Waals surface area contributed by atoms with Gasteiger partial charge < -0.3 is 15.2 Å². The zero-order valence-corrected chi connectivity index (χ0v) is 11.1. The zero-order valence-electron chi connectivity index (χ0n) is 10.3. The van der Waals surface area contributed by atoms with E-state index in [2.05, 4.69) is 4.98 Å². The molecule has 5 heteroatoms. The van der Waals surface area contributed by atoms with Gasteiger partial charge >= 0.3 is 0 Å². The standard InChI is InChI=1S/C14H14N2O2S/c15-14(19)12-7-4-8-13(16-12)18-10-9-17-11-5-2-1-3-6-11/h1-8H,9-10H2,(H2,15,19). The lowest BCUT2D eigenvalue weighted by molar-refractivity contribution is 0.212. The van der Waals surface area contributed by atoms with Gasteiger partial charge in [0.15, 0.2) is 0 Å². The van der Waals surface area contributed by atoms with Crippen molar-refractivity contribution in [3.63, 3.8) is 0 Å². The third-order valence-electron chi connectivity index (χ3n) is 2.32. The van der Waals surface area contributed by atoms with Gasteiger partial charge in [0.1, 0.15) is 29.6 Å². The van der Waals surface area contributed by atoms with E-state index >= 15 is 0 Å². The number of ether oxygens (including phenoxy) is 2. The Balaban J connectivity index is 1.80. The van der Waals surface area contributed by atoms with Gasteiger partial charge in [-0.3, -0.25) is 0 Å². The summed E-state index contributed by atoms with van der Waals surface area (Å²) in [6.45, 7) is 0.853. The molecule has 0 saturated carbocycles. The van der Waals surface area contributed by atoms with E-state index in [1.165, 1.54) is 0 Å². The number of hydrogen-bond donors (Lipinski definition) is 1. The van der Waals surface area contributed by atoms with Crippen molar-refractivity contribution in [2.45, 2.75) is 0 Å². The maximum Gasteiger partial charge on any atom is 0.213 e. The van der Waals surface area contributed by atoms with Crippen molar-refractivity contribution < 1.29 is 9.47 Å². The molecule has 4 nitrogen and oxygen atoms in total. The first kappa shape index (κ1) is 13.3. The molecule has 2 aromatic rings. The van der Waals surface area contributed by atoms with Crippen molar-refractivity contribution in [3.8, 4) is 11.6 Å². The van der Waals surface area contributed by atoms with Gasteiger partial charge in [-0.15, -0.1) is 0 Å². The lowest BCUT2D eigenvalue weighted by Crippen LogP contribution is -2.13. The van der Waals surface area contributed by atoms with Crippen LogP contribution in [-0.4, -0.2) is 23.2 Å². The summed E-state index contributed by atoms with van der Waals surface area (Å²) in [4.78, 5) is 4.43. The molecule has 0 saturated heterocycles. The Morgan fingerprint density at radius 3 is 2.47 bits per heavy atom. The summed E-state index contributed by atoms with van der Waals surface area (Å²) in [5.41, 5.74) is 6.05. The number of aromatic nitrogens is 1. The normalized spacial score (nSPS) is 9.89. The largest absolute Gasteiger partial charge is 0.490 e. The molecule has 1 heterocycles. The summed E-state index contributed by atoms with van der Waals surface area (Å²) >= 11 is 4.86. The zero-order chi connectivity index (χ0) is 13.5. The fourth-order valence-corrected chi connectivity index (χ4v) is 1.57. The number of rotatable bonds is 6. The second-order valence-corrected chi connectivity index (χ2v) is 4.18. The van der Waals surface area contributed by atoms with E-state index in [1.807, 2.05) is 30.3 Å². The summed E-state index contributed by atoms with van der Waals surface area (Å²) in [5, 5.41) is 0. The molecule has 19 heavy (non-hydrogen) atoms. The summed E-state index contributed by atoms with van der Waals surface area (Å²) in [6.07, 6.45) is 0. The van der Waals surface area contributed by atoms with E-state index in [1.54, 1.807) is 18.2 Å². The van der Waals surface area contributed by atoms with Crippen molar-refractivity contribution in [2.75, 3.05) is 13.2 Å². The predicted octanol–water partition coefficient (Wildman–Crippen LogP) is 2.17. The Morgan fingerprint density at radius 1 is 1.00 bits per heavy atom. The van der Waals surface area contributed by atoms with Crippen LogP contribution in [0.3, 0.4) is 0 Å². The van der Waals surface area contributed by atoms with Crippen molar-refractivity contribution in [2.24, 2.45) is 5.73 Å². The van der Waals surface area contributed by atoms with Crippen molar-refractivity contribution >= 4 is 17.2 Å². The Labute approximate surface area is 117 Å². The average Bonchev–Trinajstić information content (AvgIpc) is 2.45. The SMILES string of the molecule is NC(=S)c1cccc(OCCOc2ccccc2)n1. The van der Waals surface area contributed by atoms with Gasteiger partial charge in [-0.2, -0.15) is 0 Å². The van der Waals surface area contributed by atoms with E-state index in [4.69, 9.17) is 27.4 Å². The van der Waals surface area contributed by atoms with Crippen molar-refractivity contribution in [1.29, 1.82) is 0 Å². The van der Waals surface area contributed by atoms with Crippen LogP contribution in [0, 0.1) is 0 Å². The van der Waals surface area contributed by atoms with Gasteiger partial charge in [0, 0.05) is 6.07 Å². The first-order valence-electron chi connectivity index (χ1n) is 5.83. The minimum Gasteiger partial charge on any atom is -0.490 e. The molecule has 0 unspecified atom stereocenters. The molecule has 0 spiro atoms. The first-order chi connectivity index (χ1) is 9.25. The van der Waals surface area contributed by atoms with Crippen LogP contribution < -0.4 is 15.2 Å². The highest BCUT2D eigenvalue weighted by Gasteiger charge is 2.01. The molecule has 0 amide bonds. The smallest absolute Gasteiger partial charge is 0.213 e. The molecule has 2 N–H and O–H groups in total. The maximum atomic E-state index is 5.50. The van der Waals surface area contributed by atoms with Gasteiger partial charge in [0.2, 0.25) is 5.88 Å².